The zero-order chi connectivity index (χ0) is 13.6. The Labute approximate surface area is 111 Å². The molecule has 1 aromatic carbocycles. The first-order valence-corrected chi connectivity index (χ1v) is 6.68. The van der Waals surface area contributed by atoms with Crippen LogP contribution in [0.1, 0.15) is 46.1 Å². The largest absolute Gasteiger partial charge is 0.398 e. The predicted molar refractivity (Wildman–Crippen MR) is 81.1 cm³/mol. The van der Waals surface area contributed by atoms with Crippen molar-refractivity contribution in [2.45, 2.75) is 40.5 Å². The molecule has 0 radical (unpaired) electrons. The van der Waals surface area contributed by atoms with Crippen molar-refractivity contribution in [3.05, 3.63) is 53.6 Å². The van der Waals surface area contributed by atoms with Gasteiger partial charge < -0.3 is 5.73 Å². The average Bonchev–Trinajstić information content (AvgIpc) is 2.34. The second-order valence-electron chi connectivity index (χ2n) is 5.66. The smallest absolute Gasteiger partial charge is 0.0390 e. The van der Waals surface area contributed by atoms with Gasteiger partial charge in [0, 0.05) is 5.70 Å². The first-order chi connectivity index (χ1) is 8.45. The minimum Gasteiger partial charge on any atom is -0.398 e. The summed E-state index contributed by atoms with van der Waals surface area (Å²) in [7, 11) is 0. The molecule has 0 spiro atoms. The Morgan fingerprint density at radius 2 is 1.78 bits per heavy atom. The summed E-state index contributed by atoms with van der Waals surface area (Å²) in [5.41, 5.74) is 9.56. The van der Waals surface area contributed by atoms with Crippen LogP contribution in [-0.2, 0) is 0 Å². The predicted octanol–water partition coefficient (Wildman–Crippen LogP) is 4.76. The van der Waals surface area contributed by atoms with Crippen molar-refractivity contribution in [2.75, 3.05) is 0 Å². The molecule has 1 nitrogen and oxygen atoms in total. The normalized spacial score (nSPS) is 13.8. The Balaban J connectivity index is 3.02. The van der Waals surface area contributed by atoms with E-state index in [0.29, 0.717) is 0 Å². The molecule has 2 N–H and O–H groups in total. The molecule has 0 aliphatic rings. The maximum atomic E-state index is 6.18. The summed E-state index contributed by atoms with van der Waals surface area (Å²) in [5, 5.41) is 0. The van der Waals surface area contributed by atoms with Crippen molar-refractivity contribution in [1.82, 2.24) is 0 Å². The van der Waals surface area contributed by atoms with Crippen LogP contribution in [0.3, 0.4) is 0 Å². The molecule has 18 heavy (non-hydrogen) atoms. The van der Waals surface area contributed by atoms with Crippen LogP contribution in [0, 0.1) is 5.41 Å². The van der Waals surface area contributed by atoms with Crippen molar-refractivity contribution in [3.8, 4) is 0 Å². The Morgan fingerprint density at radius 3 is 2.28 bits per heavy atom. The van der Waals surface area contributed by atoms with Crippen LogP contribution in [0.25, 0.3) is 5.70 Å². The first-order valence-electron chi connectivity index (χ1n) is 6.68. The molecule has 98 valence electrons. The molecule has 0 aromatic heterocycles. The standard InChI is InChI=1S/C17H25N/c1-5-6-12-15(17(2,3)4)13-16(18)14-10-8-7-9-11-14/h7-13H,5-6,18H2,1-4H3/b15-12+,16-13-. The fraction of sp³-hybridized carbons (Fsp3) is 0.412. The highest BCUT2D eigenvalue weighted by Gasteiger charge is 2.15. The summed E-state index contributed by atoms with van der Waals surface area (Å²) >= 11 is 0. The molecule has 1 rings (SSSR count). The van der Waals surface area contributed by atoms with E-state index in [9.17, 15) is 0 Å². The van der Waals surface area contributed by atoms with Crippen LogP contribution < -0.4 is 5.73 Å². The molecule has 0 atom stereocenters. The van der Waals surface area contributed by atoms with Crippen LogP contribution in [0.4, 0.5) is 0 Å². The van der Waals surface area contributed by atoms with Gasteiger partial charge >= 0.3 is 0 Å². The molecule has 0 heterocycles. The molecule has 0 amide bonds. The minimum atomic E-state index is 0.134. The van der Waals surface area contributed by atoms with Crippen LogP contribution in [0.5, 0.6) is 0 Å². The number of allylic oxidation sites excluding steroid dienone is 3. The summed E-state index contributed by atoms with van der Waals surface area (Å²) < 4.78 is 0. The molecule has 1 aromatic rings. The van der Waals surface area contributed by atoms with Gasteiger partial charge in [-0.15, -0.1) is 0 Å². The van der Waals surface area contributed by atoms with Crippen molar-refractivity contribution in [3.63, 3.8) is 0 Å². The van der Waals surface area contributed by atoms with Gasteiger partial charge in [0.25, 0.3) is 0 Å². The van der Waals surface area contributed by atoms with Crippen LogP contribution in [0.15, 0.2) is 48.1 Å². The lowest BCUT2D eigenvalue weighted by atomic mass is 9.84. The van der Waals surface area contributed by atoms with E-state index < -0.39 is 0 Å². The zero-order valence-corrected chi connectivity index (χ0v) is 12.0. The van der Waals surface area contributed by atoms with Gasteiger partial charge in [0.05, 0.1) is 0 Å². The third kappa shape index (κ3) is 4.40. The third-order valence-corrected chi connectivity index (χ3v) is 2.94. The monoisotopic (exact) mass is 243 g/mol. The van der Waals surface area contributed by atoms with Gasteiger partial charge in [0.2, 0.25) is 0 Å². The quantitative estimate of drug-likeness (QED) is 0.758. The fourth-order valence-corrected chi connectivity index (χ4v) is 1.76. The molecular formula is C17H25N. The number of rotatable bonds is 4. The van der Waals surface area contributed by atoms with Crippen molar-refractivity contribution in [1.29, 1.82) is 0 Å². The van der Waals surface area contributed by atoms with Gasteiger partial charge in [-0.25, -0.2) is 0 Å². The lowest BCUT2D eigenvalue weighted by molar-refractivity contribution is 0.514. The van der Waals surface area contributed by atoms with Crippen LogP contribution >= 0.6 is 0 Å². The van der Waals surface area contributed by atoms with Crippen molar-refractivity contribution >= 4 is 5.70 Å². The molecule has 0 saturated heterocycles. The Hall–Kier alpha value is -1.50. The number of hydrogen-bond donors (Lipinski definition) is 1. The molecule has 0 unspecified atom stereocenters. The second kappa shape index (κ2) is 6.44. The number of benzene rings is 1. The number of nitrogens with two attached hydrogens (primary N) is 1. The number of hydrogen-bond acceptors (Lipinski definition) is 1. The Morgan fingerprint density at radius 1 is 1.17 bits per heavy atom. The van der Waals surface area contributed by atoms with Gasteiger partial charge in [-0.3, -0.25) is 0 Å². The fourth-order valence-electron chi connectivity index (χ4n) is 1.76. The van der Waals surface area contributed by atoms with Crippen LogP contribution in [0.2, 0.25) is 0 Å². The summed E-state index contributed by atoms with van der Waals surface area (Å²) in [5.74, 6) is 0. The van der Waals surface area contributed by atoms with Gasteiger partial charge in [0.15, 0.2) is 0 Å². The van der Waals surface area contributed by atoms with E-state index in [-0.39, 0.29) is 5.41 Å². The van der Waals surface area contributed by atoms with E-state index in [1.165, 1.54) is 12.0 Å². The summed E-state index contributed by atoms with van der Waals surface area (Å²) in [6, 6.07) is 10.1. The van der Waals surface area contributed by atoms with Crippen molar-refractivity contribution < 1.29 is 0 Å². The molecule has 0 aliphatic heterocycles. The topological polar surface area (TPSA) is 26.0 Å². The summed E-state index contributed by atoms with van der Waals surface area (Å²) in [6.45, 7) is 8.87. The van der Waals surface area contributed by atoms with E-state index in [1.807, 2.05) is 30.3 Å². The van der Waals surface area contributed by atoms with E-state index in [1.54, 1.807) is 0 Å². The molecule has 0 saturated carbocycles. The van der Waals surface area contributed by atoms with E-state index in [2.05, 4.69) is 39.8 Å². The molecule has 1 heteroatoms. The molecular weight excluding hydrogens is 218 g/mol. The highest BCUT2D eigenvalue weighted by molar-refractivity contribution is 5.65. The highest BCUT2D eigenvalue weighted by atomic mass is 14.6. The number of unbranched alkanes of at least 4 members (excludes halogenated alkanes) is 1. The lowest BCUT2D eigenvalue weighted by Gasteiger charge is -2.21. The maximum absolute atomic E-state index is 6.18. The lowest BCUT2D eigenvalue weighted by Crippen LogP contribution is -2.09. The SMILES string of the molecule is CCC/C=C(\C=C(/N)c1ccccc1)C(C)(C)C. The average molecular weight is 243 g/mol. The van der Waals surface area contributed by atoms with Gasteiger partial charge in [-0.2, -0.15) is 0 Å². The Kier molecular flexibility index (Phi) is 5.21. The third-order valence-electron chi connectivity index (χ3n) is 2.94. The Bertz CT molecular complexity index is 419. The zero-order valence-electron chi connectivity index (χ0n) is 12.0. The van der Waals surface area contributed by atoms with E-state index in [0.717, 1.165) is 17.7 Å². The maximum Gasteiger partial charge on any atom is 0.0390 e. The van der Waals surface area contributed by atoms with Gasteiger partial charge in [-0.1, -0.05) is 70.5 Å². The first kappa shape index (κ1) is 14.6. The van der Waals surface area contributed by atoms with Gasteiger partial charge in [-0.05, 0) is 29.0 Å². The summed E-state index contributed by atoms with van der Waals surface area (Å²) in [6.07, 6.45) is 6.69. The summed E-state index contributed by atoms with van der Waals surface area (Å²) in [4.78, 5) is 0. The van der Waals surface area contributed by atoms with E-state index in [4.69, 9.17) is 5.73 Å². The second-order valence-corrected chi connectivity index (χ2v) is 5.66. The van der Waals surface area contributed by atoms with Crippen molar-refractivity contribution in [2.24, 2.45) is 11.1 Å². The minimum absolute atomic E-state index is 0.134. The molecule has 0 fully saturated rings. The molecule has 0 bridgehead atoms. The highest BCUT2D eigenvalue weighted by Crippen LogP contribution is 2.28. The van der Waals surface area contributed by atoms with Crippen LogP contribution in [-0.4, -0.2) is 0 Å². The van der Waals surface area contributed by atoms with E-state index >= 15 is 0 Å². The molecule has 0 aliphatic carbocycles. The van der Waals surface area contributed by atoms with Gasteiger partial charge in [0.1, 0.15) is 0 Å².